The number of carbonyl (C=O) groups is 3. The number of carbonyl (C=O) groups excluding carboxylic acids is 3. The molecule has 7 heteroatoms. The highest BCUT2D eigenvalue weighted by Crippen LogP contribution is 2.42. The minimum atomic E-state index is -1.01. The number of hydrogen-bond donors (Lipinski definition) is 2. The number of nitrogens with one attached hydrogen (secondary N) is 2. The first-order chi connectivity index (χ1) is 12.9. The minimum absolute atomic E-state index is 0.292. The summed E-state index contributed by atoms with van der Waals surface area (Å²) in [6.07, 6.45) is 2.32. The van der Waals surface area contributed by atoms with Gasteiger partial charge in [0.25, 0.3) is 5.91 Å². The molecule has 1 fully saturated rings. The molecule has 0 unspecified atom stereocenters. The van der Waals surface area contributed by atoms with Crippen LogP contribution in [0.5, 0.6) is 0 Å². The van der Waals surface area contributed by atoms with Gasteiger partial charge in [0, 0.05) is 16.1 Å². The van der Waals surface area contributed by atoms with Crippen LogP contribution < -0.4 is 10.6 Å². The third kappa shape index (κ3) is 2.82. The number of rotatable bonds is 3. The summed E-state index contributed by atoms with van der Waals surface area (Å²) in [5.74, 6) is -0.714. The third-order valence-corrected chi connectivity index (χ3v) is 6.50. The van der Waals surface area contributed by atoms with Gasteiger partial charge in [-0.1, -0.05) is 12.1 Å². The number of thiophene rings is 1. The van der Waals surface area contributed by atoms with Crippen LogP contribution in [0.25, 0.3) is 0 Å². The van der Waals surface area contributed by atoms with Crippen molar-refractivity contribution in [2.24, 2.45) is 0 Å². The molecular weight excluding hydrogens is 362 g/mol. The number of fused-ring (bicyclic) bond motifs is 2. The fourth-order valence-corrected chi connectivity index (χ4v) is 4.90. The van der Waals surface area contributed by atoms with Crippen LogP contribution in [0.1, 0.15) is 34.4 Å². The second-order valence-corrected chi connectivity index (χ2v) is 8.13. The first-order valence-electron chi connectivity index (χ1n) is 8.99. The van der Waals surface area contributed by atoms with Gasteiger partial charge in [-0.25, -0.2) is 4.79 Å². The van der Waals surface area contributed by atoms with Gasteiger partial charge in [-0.2, -0.15) is 0 Å². The largest absolute Gasteiger partial charge is 0.325 e. The molecule has 6 nitrogen and oxygen atoms in total. The zero-order chi connectivity index (χ0) is 19.2. The molecule has 140 valence electrons. The fraction of sp³-hybridized carbons (Fsp3) is 0.350. The van der Waals surface area contributed by atoms with E-state index >= 15 is 0 Å². The van der Waals surface area contributed by atoms with Crippen molar-refractivity contribution < 1.29 is 14.4 Å². The summed E-state index contributed by atoms with van der Waals surface area (Å²) in [5, 5.41) is 7.63. The lowest BCUT2D eigenvalue weighted by Gasteiger charge is -2.31. The van der Waals surface area contributed by atoms with Crippen LogP contribution >= 0.6 is 11.3 Å². The maximum absolute atomic E-state index is 13.1. The molecule has 4 amide bonds. The number of hydrogen-bond acceptors (Lipinski definition) is 4. The molecule has 2 heterocycles. The van der Waals surface area contributed by atoms with Gasteiger partial charge in [0.15, 0.2) is 0 Å². The maximum Gasteiger partial charge on any atom is 0.325 e. The molecule has 2 aliphatic rings. The molecule has 0 bridgehead atoms. The highest BCUT2D eigenvalue weighted by Gasteiger charge is 2.54. The third-order valence-electron chi connectivity index (χ3n) is 5.52. The van der Waals surface area contributed by atoms with Gasteiger partial charge in [-0.05, 0) is 61.7 Å². The van der Waals surface area contributed by atoms with Crippen molar-refractivity contribution in [2.45, 2.75) is 38.6 Å². The standard InChI is InChI=1S/C20H21N3O3S/c1-12-5-3-6-15(13(12)2)21-17(24)11-23-18(25)20(22-19(23)26)9-4-7-16-14(20)8-10-27-16/h3,5-6,8,10H,4,7,9,11H2,1-2H3,(H,21,24)(H,22,26)/t20-/m0/s1. The van der Waals surface area contributed by atoms with Crippen molar-refractivity contribution in [3.05, 3.63) is 51.2 Å². The molecule has 0 saturated carbocycles. The van der Waals surface area contributed by atoms with Crippen molar-refractivity contribution in [1.29, 1.82) is 0 Å². The van der Waals surface area contributed by atoms with Crippen LogP contribution in [0.4, 0.5) is 10.5 Å². The lowest BCUT2D eigenvalue weighted by Crippen LogP contribution is -2.46. The summed E-state index contributed by atoms with van der Waals surface area (Å²) >= 11 is 1.61. The molecular formula is C20H21N3O3S. The molecule has 1 saturated heterocycles. The molecule has 2 aromatic rings. The van der Waals surface area contributed by atoms with Crippen LogP contribution in [0.2, 0.25) is 0 Å². The second kappa shape index (κ2) is 6.49. The monoisotopic (exact) mass is 383 g/mol. The Labute approximate surface area is 161 Å². The maximum atomic E-state index is 13.1. The smallest absolute Gasteiger partial charge is 0.324 e. The van der Waals surface area contributed by atoms with E-state index in [9.17, 15) is 14.4 Å². The lowest BCUT2D eigenvalue weighted by atomic mass is 9.80. The van der Waals surface area contributed by atoms with E-state index in [1.165, 1.54) is 0 Å². The number of aryl methyl sites for hydroxylation is 2. The summed E-state index contributed by atoms with van der Waals surface area (Å²) in [6.45, 7) is 3.60. The number of urea groups is 1. The zero-order valence-corrected chi connectivity index (χ0v) is 16.1. The molecule has 1 aliphatic carbocycles. The fourth-order valence-electron chi connectivity index (χ4n) is 3.90. The molecule has 0 radical (unpaired) electrons. The van der Waals surface area contributed by atoms with Crippen molar-refractivity contribution in [3.63, 3.8) is 0 Å². The number of nitrogens with zero attached hydrogens (tertiary/aromatic N) is 1. The Morgan fingerprint density at radius 2 is 2.11 bits per heavy atom. The molecule has 1 aromatic carbocycles. The van der Waals surface area contributed by atoms with Gasteiger partial charge in [-0.15, -0.1) is 11.3 Å². The summed E-state index contributed by atoms with van der Waals surface area (Å²) in [5.41, 5.74) is 2.60. The van der Waals surface area contributed by atoms with E-state index in [-0.39, 0.29) is 18.4 Å². The number of anilines is 1. The van der Waals surface area contributed by atoms with E-state index in [1.807, 2.05) is 43.5 Å². The predicted octanol–water partition coefficient (Wildman–Crippen LogP) is 3.09. The lowest BCUT2D eigenvalue weighted by molar-refractivity contribution is -0.134. The van der Waals surface area contributed by atoms with Gasteiger partial charge in [0.2, 0.25) is 5.91 Å². The minimum Gasteiger partial charge on any atom is -0.324 e. The molecule has 1 aliphatic heterocycles. The number of benzene rings is 1. The highest BCUT2D eigenvalue weighted by atomic mass is 32.1. The Morgan fingerprint density at radius 1 is 1.30 bits per heavy atom. The summed E-state index contributed by atoms with van der Waals surface area (Å²) in [7, 11) is 0. The topological polar surface area (TPSA) is 78.5 Å². The zero-order valence-electron chi connectivity index (χ0n) is 15.3. The van der Waals surface area contributed by atoms with Crippen molar-refractivity contribution >= 4 is 34.9 Å². The van der Waals surface area contributed by atoms with E-state index in [4.69, 9.17) is 0 Å². The Hall–Kier alpha value is -2.67. The Bertz CT molecular complexity index is 952. The van der Waals surface area contributed by atoms with Crippen LogP contribution in [0, 0.1) is 13.8 Å². The van der Waals surface area contributed by atoms with E-state index in [0.29, 0.717) is 12.1 Å². The van der Waals surface area contributed by atoms with Crippen molar-refractivity contribution in [2.75, 3.05) is 11.9 Å². The molecule has 4 rings (SSSR count). The van der Waals surface area contributed by atoms with E-state index < -0.39 is 11.6 Å². The van der Waals surface area contributed by atoms with Gasteiger partial charge in [0.1, 0.15) is 12.1 Å². The van der Waals surface area contributed by atoms with E-state index in [2.05, 4.69) is 10.6 Å². The quantitative estimate of drug-likeness (QED) is 0.800. The molecule has 1 spiro atoms. The van der Waals surface area contributed by atoms with Gasteiger partial charge in [0.05, 0.1) is 0 Å². The summed E-state index contributed by atoms with van der Waals surface area (Å²) in [4.78, 5) is 40.3. The molecule has 2 N–H and O–H groups in total. The van der Waals surface area contributed by atoms with Crippen molar-refractivity contribution in [1.82, 2.24) is 10.2 Å². The van der Waals surface area contributed by atoms with Gasteiger partial charge < -0.3 is 10.6 Å². The van der Waals surface area contributed by atoms with Gasteiger partial charge in [-0.3, -0.25) is 14.5 Å². The number of amides is 4. The SMILES string of the molecule is Cc1cccc(NC(=O)CN2C(=O)N[C@]3(CCCc4sccc43)C2=O)c1C. The number of imide groups is 1. The average molecular weight is 383 g/mol. The Morgan fingerprint density at radius 3 is 2.93 bits per heavy atom. The molecule has 1 atom stereocenters. The van der Waals surface area contributed by atoms with Crippen LogP contribution in [0.15, 0.2) is 29.6 Å². The second-order valence-electron chi connectivity index (χ2n) is 7.13. The van der Waals surface area contributed by atoms with E-state index in [0.717, 1.165) is 39.3 Å². The summed E-state index contributed by atoms with van der Waals surface area (Å²) < 4.78 is 0. The predicted molar refractivity (Wildman–Crippen MR) is 104 cm³/mol. The summed E-state index contributed by atoms with van der Waals surface area (Å²) in [6, 6.07) is 7.05. The van der Waals surface area contributed by atoms with Gasteiger partial charge >= 0.3 is 6.03 Å². The first-order valence-corrected chi connectivity index (χ1v) is 9.87. The molecule has 1 aromatic heterocycles. The van der Waals surface area contributed by atoms with Crippen LogP contribution in [0.3, 0.4) is 0 Å². The van der Waals surface area contributed by atoms with Crippen molar-refractivity contribution in [3.8, 4) is 0 Å². The Kier molecular flexibility index (Phi) is 4.26. The highest BCUT2D eigenvalue weighted by molar-refractivity contribution is 7.10. The molecule has 27 heavy (non-hydrogen) atoms. The van der Waals surface area contributed by atoms with E-state index in [1.54, 1.807) is 11.3 Å². The Balaban J connectivity index is 1.54. The average Bonchev–Trinajstić information content (AvgIpc) is 3.20. The van der Waals surface area contributed by atoms with Crippen LogP contribution in [-0.2, 0) is 21.5 Å². The van der Waals surface area contributed by atoms with Crippen LogP contribution in [-0.4, -0.2) is 29.3 Å². The normalized spacial score (nSPS) is 21.3. The first kappa shape index (κ1) is 17.7.